The van der Waals surface area contributed by atoms with E-state index in [9.17, 15) is 9.59 Å². The van der Waals surface area contributed by atoms with E-state index < -0.39 is 11.2 Å². The number of halogens is 2. The third-order valence-corrected chi connectivity index (χ3v) is 6.15. The molecule has 154 valence electrons. The van der Waals surface area contributed by atoms with E-state index >= 15 is 0 Å². The van der Waals surface area contributed by atoms with Crippen molar-refractivity contribution in [3.63, 3.8) is 0 Å². The number of piperazine rings is 1. The Morgan fingerprint density at radius 1 is 1.10 bits per heavy atom. The van der Waals surface area contributed by atoms with E-state index in [0.717, 1.165) is 38.3 Å². The first-order chi connectivity index (χ1) is 13.9. The highest BCUT2D eigenvalue weighted by molar-refractivity contribution is 6.42. The molecular weight excluding hydrogens is 415 g/mol. The summed E-state index contributed by atoms with van der Waals surface area (Å²) in [6, 6.07) is 5.39. The molecule has 3 aromatic rings. The van der Waals surface area contributed by atoms with Crippen LogP contribution >= 0.6 is 23.2 Å². The number of aromatic nitrogens is 4. The Morgan fingerprint density at radius 2 is 1.83 bits per heavy atom. The van der Waals surface area contributed by atoms with E-state index in [1.165, 1.54) is 4.57 Å². The van der Waals surface area contributed by atoms with Crippen LogP contribution in [0, 0.1) is 0 Å². The van der Waals surface area contributed by atoms with Crippen LogP contribution in [-0.4, -0.2) is 56.7 Å². The highest BCUT2D eigenvalue weighted by Crippen LogP contribution is 2.26. The van der Waals surface area contributed by atoms with E-state index in [1.54, 1.807) is 19.2 Å². The van der Waals surface area contributed by atoms with Crippen LogP contribution < -0.4 is 16.1 Å². The van der Waals surface area contributed by atoms with Crippen molar-refractivity contribution in [3.05, 3.63) is 54.6 Å². The van der Waals surface area contributed by atoms with Crippen molar-refractivity contribution < 1.29 is 0 Å². The Balaban J connectivity index is 1.85. The van der Waals surface area contributed by atoms with Gasteiger partial charge >= 0.3 is 5.69 Å². The molecule has 0 aliphatic carbocycles. The van der Waals surface area contributed by atoms with Gasteiger partial charge < -0.3 is 9.80 Å². The van der Waals surface area contributed by atoms with Crippen molar-refractivity contribution in [2.75, 3.05) is 37.6 Å². The number of benzene rings is 1. The number of nitrogens with one attached hydrogen (secondary N) is 1. The van der Waals surface area contributed by atoms with Gasteiger partial charge in [-0.05, 0) is 24.2 Å². The smallest absolute Gasteiger partial charge is 0.329 e. The lowest BCUT2D eigenvalue weighted by Crippen LogP contribution is -2.47. The van der Waals surface area contributed by atoms with Gasteiger partial charge in [0, 0.05) is 33.2 Å². The molecule has 4 rings (SSSR count). The molecule has 2 aromatic heterocycles. The van der Waals surface area contributed by atoms with Crippen molar-refractivity contribution in [2.45, 2.75) is 13.5 Å². The second-order valence-electron chi connectivity index (χ2n) is 7.16. The molecule has 10 heteroatoms. The predicted octanol–water partition coefficient (Wildman–Crippen LogP) is 1.92. The Kier molecular flexibility index (Phi) is 5.42. The number of nitrogens with zero attached hydrogens (tertiary/aromatic N) is 5. The lowest BCUT2D eigenvalue weighted by atomic mass is 10.2. The van der Waals surface area contributed by atoms with E-state index in [1.807, 2.05) is 10.6 Å². The zero-order valence-corrected chi connectivity index (χ0v) is 17.8. The van der Waals surface area contributed by atoms with Crippen LogP contribution in [0.1, 0.15) is 12.5 Å². The van der Waals surface area contributed by atoms with Gasteiger partial charge in [0.15, 0.2) is 11.2 Å². The largest absolute Gasteiger partial charge is 0.340 e. The van der Waals surface area contributed by atoms with Crippen LogP contribution in [0.3, 0.4) is 0 Å². The molecule has 0 unspecified atom stereocenters. The topological polar surface area (TPSA) is 79.2 Å². The number of likely N-dealkylation sites (N-methyl/N-ethyl adjacent to an activating group) is 1. The number of aryl methyl sites for hydroxylation is 1. The predicted molar refractivity (Wildman–Crippen MR) is 115 cm³/mol. The van der Waals surface area contributed by atoms with Crippen LogP contribution in [0.4, 0.5) is 5.95 Å². The minimum Gasteiger partial charge on any atom is -0.340 e. The molecular formula is C19H22Cl2N6O2. The van der Waals surface area contributed by atoms with Crippen LogP contribution in [0.2, 0.25) is 10.0 Å². The zero-order valence-electron chi connectivity index (χ0n) is 16.3. The lowest BCUT2D eigenvalue weighted by Gasteiger charge is -2.34. The van der Waals surface area contributed by atoms with Gasteiger partial charge in [0.2, 0.25) is 5.95 Å². The molecule has 0 spiro atoms. The maximum absolute atomic E-state index is 12.7. The molecule has 29 heavy (non-hydrogen) atoms. The van der Waals surface area contributed by atoms with Gasteiger partial charge in [0.1, 0.15) is 0 Å². The number of hydrogen-bond acceptors (Lipinski definition) is 5. The van der Waals surface area contributed by atoms with Gasteiger partial charge in [0.05, 0.1) is 16.6 Å². The number of imidazole rings is 1. The first kappa shape index (κ1) is 20.0. The molecule has 3 heterocycles. The molecule has 0 bridgehead atoms. The number of hydrogen-bond donors (Lipinski definition) is 1. The van der Waals surface area contributed by atoms with Crippen molar-refractivity contribution >= 4 is 40.3 Å². The van der Waals surface area contributed by atoms with Crippen LogP contribution in [-0.2, 0) is 13.6 Å². The number of anilines is 1. The number of aromatic amines is 1. The third kappa shape index (κ3) is 3.68. The van der Waals surface area contributed by atoms with Gasteiger partial charge in [0.25, 0.3) is 5.56 Å². The summed E-state index contributed by atoms with van der Waals surface area (Å²) in [4.78, 5) is 36.4. The second-order valence-corrected chi connectivity index (χ2v) is 7.97. The SMILES string of the molecule is CCN1CCN(c2nc3c(c(=O)[nH]c(=O)n3C)n2Cc2ccc(Cl)c(Cl)c2)CC1. The van der Waals surface area contributed by atoms with Gasteiger partial charge in [-0.3, -0.25) is 18.9 Å². The van der Waals surface area contributed by atoms with E-state index in [4.69, 9.17) is 28.2 Å². The van der Waals surface area contributed by atoms with Gasteiger partial charge in [-0.2, -0.15) is 4.98 Å². The summed E-state index contributed by atoms with van der Waals surface area (Å²) in [7, 11) is 1.61. The van der Waals surface area contributed by atoms with Gasteiger partial charge in [-0.1, -0.05) is 36.2 Å². The average molecular weight is 437 g/mol. The second kappa shape index (κ2) is 7.85. The highest BCUT2D eigenvalue weighted by Gasteiger charge is 2.24. The Bertz CT molecular complexity index is 1170. The number of H-pyrrole nitrogens is 1. The zero-order chi connectivity index (χ0) is 20.7. The molecule has 1 N–H and O–H groups in total. The van der Waals surface area contributed by atoms with E-state index in [2.05, 4.69) is 21.7 Å². The summed E-state index contributed by atoms with van der Waals surface area (Å²) in [6.07, 6.45) is 0. The summed E-state index contributed by atoms with van der Waals surface area (Å²) in [5.74, 6) is 0.675. The molecule has 0 saturated carbocycles. The Hall–Kier alpha value is -2.29. The van der Waals surface area contributed by atoms with Crippen molar-refractivity contribution in [2.24, 2.45) is 7.05 Å². The minimum atomic E-state index is -0.482. The van der Waals surface area contributed by atoms with Crippen LogP contribution in [0.5, 0.6) is 0 Å². The molecule has 1 aliphatic rings. The molecule has 8 nitrogen and oxygen atoms in total. The minimum absolute atomic E-state index is 0.367. The van der Waals surface area contributed by atoms with Crippen molar-refractivity contribution in [1.82, 2.24) is 24.0 Å². The van der Waals surface area contributed by atoms with Crippen LogP contribution in [0.25, 0.3) is 11.2 Å². The van der Waals surface area contributed by atoms with E-state index in [0.29, 0.717) is 33.7 Å². The number of fused-ring (bicyclic) bond motifs is 1. The first-order valence-corrected chi connectivity index (χ1v) is 10.3. The fourth-order valence-electron chi connectivity index (χ4n) is 3.70. The first-order valence-electron chi connectivity index (χ1n) is 9.49. The summed E-state index contributed by atoms with van der Waals surface area (Å²) in [5.41, 5.74) is 0.691. The lowest BCUT2D eigenvalue weighted by molar-refractivity contribution is 0.269. The Morgan fingerprint density at radius 3 is 2.48 bits per heavy atom. The number of rotatable bonds is 4. The molecule has 1 aliphatic heterocycles. The van der Waals surface area contributed by atoms with Crippen molar-refractivity contribution in [1.29, 1.82) is 0 Å². The summed E-state index contributed by atoms with van der Waals surface area (Å²) >= 11 is 12.2. The van der Waals surface area contributed by atoms with Crippen molar-refractivity contribution in [3.8, 4) is 0 Å². The standard InChI is InChI=1S/C19H22Cl2N6O2/c1-3-25-6-8-26(9-7-25)18-22-16-15(17(28)23-19(29)24(16)2)27(18)11-12-4-5-13(20)14(21)10-12/h4-5,10H,3,6-9,11H2,1-2H3,(H,23,28,29). The molecule has 1 fully saturated rings. The molecule has 0 atom stereocenters. The fourth-order valence-corrected chi connectivity index (χ4v) is 4.02. The van der Waals surface area contributed by atoms with Gasteiger partial charge in [-0.25, -0.2) is 4.79 Å². The molecule has 0 radical (unpaired) electrons. The third-order valence-electron chi connectivity index (χ3n) is 5.41. The van der Waals surface area contributed by atoms with Gasteiger partial charge in [-0.15, -0.1) is 0 Å². The normalized spacial score (nSPS) is 15.4. The molecule has 1 aromatic carbocycles. The Labute approximate surface area is 177 Å². The highest BCUT2D eigenvalue weighted by atomic mass is 35.5. The molecule has 0 amide bonds. The van der Waals surface area contributed by atoms with Crippen LogP contribution in [0.15, 0.2) is 27.8 Å². The fraction of sp³-hybridized carbons (Fsp3) is 0.421. The quantitative estimate of drug-likeness (QED) is 0.675. The maximum Gasteiger partial charge on any atom is 0.329 e. The summed E-state index contributed by atoms with van der Waals surface area (Å²) < 4.78 is 3.22. The maximum atomic E-state index is 12.7. The molecule has 1 saturated heterocycles. The van der Waals surface area contributed by atoms with E-state index in [-0.39, 0.29) is 0 Å². The monoisotopic (exact) mass is 436 g/mol. The average Bonchev–Trinajstić information content (AvgIpc) is 3.09. The summed E-state index contributed by atoms with van der Waals surface area (Å²) in [5, 5.41) is 0.926. The summed E-state index contributed by atoms with van der Waals surface area (Å²) in [6.45, 7) is 6.96.